The smallest absolute Gasteiger partial charge is 0.302 e. The van der Waals surface area contributed by atoms with Crippen molar-refractivity contribution < 1.29 is 12.9 Å². The summed E-state index contributed by atoms with van der Waals surface area (Å²) in [4.78, 5) is 0. The molecule has 0 heterocycles. The van der Waals surface area contributed by atoms with Crippen LogP contribution in [0.25, 0.3) is 0 Å². The van der Waals surface area contributed by atoms with Crippen LogP contribution in [0.3, 0.4) is 0 Å². The molecule has 2 N–H and O–H groups in total. The van der Waals surface area contributed by atoms with Gasteiger partial charge in [0.05, 0.1) is 6.10 Å². The second-order valence-electron chi connectivity index (χ2n) is 6.49. The molecule has 4 saturated carbocycles. The molecule has 5 heteroatoms. The summed E-state index contributed by atoms with van der Waals surface area (Å²) in [6, 6.07) is 0.621. The maximum Gasteiger partial charge on any atom is 0.302 e. The van der Waals surface area contributed by atoms with Crippen LogP contribution in [0.2, 0.25) is 0 Å². The van der Waals surface area contributed by atoms with E-state index in [1.807, 2.05) is 6.92 Å². The molecule has 0 amide bonds. The van der Waals surface area contributed by atoms with E-state index in [4.69, 9.17) is 8.74 Å². The summed E-state index contributed by atoms with van der Waals surface area (Å²) in [6.07, 6.45) is 6.85. The molecular formula is C13H23NO3S. The zero-order valence-corrected chi connectivity index (χ0v) is 11.7. The fourth-order valence-corrected chi connectivity index (χ4v) is 5.08. The van der Waals surface area contributed by atoms with Gasteiger partial charge in [-0.1, -0.05) is 0 Å². The molecule has 4 aliphatic carbocycles. The summed E-state index contributed by atoms with van der Waals surface area (Å²) in [5.74, 6) is 3.66. The Hall–Kier alpha value is 0.0300. The van der Waals surface area contributed by atoms with Crippen molar-refractivity contribution in [1.29, 1.82) is 0 Å². The molecule has 4 aliphatic rings. The van der Waals surface area contributed by atoms with Crippen LogP contribution in [-0.2, 0) is 15.5 Å². The van der Waals surface area contributed by atoms with Crippen LogP contribution in [0.5, 0.6) is 0 Å². The molecule has 0 aromatic carbocycles. The van der Waals surface area contributed by atoms with Crippen molar-refractivity contribution in [2.75, 3.05) is 6.54 Å². The first-order valence-corrected chi connectivity index (χ1v) is 8.16. The lowest BCUT2D eigenvalue weighted by atomic mass is 9.54. The van der Waals surface area contributed by atoms with E-state index in [2.05, 4.69) is 5.32 Å². The van der Waals surface area contributed by atoms with Crippen molar-refractivity contribution in [3.63, 3.8) is 0 Å². The van der Waals surface area contributed by atoms with Crippen LogP contribution >= 0.6 is 0 Å². The molecule has 0 aliphatic heterocycles. The summed E-state index contributed by atoms with van der Waals surface area (Å²) in [5.41, 5.74) is 0. The normalized spacial score (nSPS) is 45.1. The molecule has 0 aromatic rings. The van der Waals surface area contributed by atoms with Gasteiger partial charge in [-0.25, -0.2) is 0 Å². The molecule has 0 aromatic heterocycles. The Bertz CT molecular complexity index is 308. The third-order valence-corrected chi connectivity index (χ3v) is 5.61. The van der Waals surface area contributed by atoms with Crippen LogP contribution in [0.4, 0.5) is 0 Å². The van der Waals surface area contributed by atoms with Crippen LogP contribution in [0, 0.1) is 23.7 Å². The van der Waals surface area contributed by atoms with Gasteiger partial charge in [0, 0.05) is 12.6 Å². The van der Waals surface area contributed by atoms with Crippen molar-refractivity contribution in [3.8, 4) is 0 Å². The Labute approximate surface area is 111 Å². The predicted molar refractivity (Wildman–Crippen MR) is 70.2 cm³/mol. The van der Waals surface area contributed by atoms with Gasteiger partial charge < -0.3 is 5.32 Å². The Morgan fingerprint density at radius 3 is 2.28 bits per heavy atom. The highest BCUT2D eigenvalue weighted by atomic mass is 32.2. The van der Waals surface area contributed by atoms with Crippen molar-refractivity contribution >= 4 is 11.4 Å². The lowest BCUT2D eigenvalue weighted by molar-refractivity contribution is -0.0160. The molecule has 2 atom stereocenters. The lowest BCUT2D eigenvalue weighted by Gasteiger charge is -2.54. The zero-order chi connectivity index (χ0) is 12.7. The molecule has 0 spiro atoms. The van der Waals surface area contributed by atoms with E-state index in [0.29, 0.717) is 12.6 Å². The number of hydrogen-bond donors (Lipinski definition) is 2. The van der Waals surface area contributed by atoms with Crippen molar-refractivity contribution in [1.82, 2.24) is 5.32 Å². The van der Waals surface area contributed by atoms with Crippen LogP contribution in [0.15, 0.2) is 0 Å². The van der Waals surface area contributed by atoms with Crippen molar-refractivity contribution in [2.24, 2.45) is 23.7 Å². The van der Waals surface area contributed by atoms with E-state index < -0.39 is 11.4 Å². The standard InChI is InChI=1S/C13H23NO3S/c1-8(17-18(15)16)7-14-13-11-3-9-2-10(5-11)6-12(13)4-9/h8-14H,2-7H2,1H3,(H,15,16). The van der Waals surface area contributed by atoms with Gasteiger partial charge >= 0.3 is 11.4 Å². The number of rotatable bonds is 5. The Kier molecular flexibility index (Phi) is 3.76. The van der Waals surface area contributed by atoms with Crippen molar-refractivity contribution in [2.45, 2.75) is 51.2 Å². The Morgan fingerprint density at radius 2 is 1.78 bits per heavy atom. The first-order chi connectivity index (χ1) is 8.61. The van der Waals surface area contributed by atoms with Crippen molar-refractivity contribution in [3.05, 3.63) is 0 Å². The predicted octanol–water partition coefficient (Wildman–Crippen LogP) is 1.94. The summed E-state index contributed by atoms with van der Waals surface area (Å²) in [5, 5.41) is 3.60. The third kappa shape index (κ3) is 2.64. The fraction of sp³-hybridized carbons (Fsp3) is 1.00. The van der Waals surface area contributed by atoms with E-state index >= 15 is 0 Å². The molecule has 18 heavy (non-hydrogen) atoms. The molecule has 4 nitrogen and oxygen atoms in total. The highest BCUT2D eigenvalue weighted by molar-refractivity contribution is 7.74. The monoisotopic (exact) mass is 273 g/mol. The van der Waals surface area contributed by atoms with Gasteiger partial charge in [0.2, 0.25) is 0 Å². The Morgan fingerprint density at radius 1 is 1.22 bits per heavy atom. The number of nitrogens with one attached hydrogen (secondary N) is 1. The highest BCUT2D eigenvalue weighted by Crippen LogP contribution is 2.53. The average molecular weight is 273 g/mol. The second-order valence-corrected chi connectivity index (χ2v) is 7.12. The van der Waals surface area contributed by atoms with Gasteiger partial charge in [-0.15, -0.1) is 0 Å². The van der Waals surface area contributed by atoms with Gasteiger partial charge in [0.15, 0.2) is 0 Å². The Balaban J connectivity index is 1.52. The highest BCUT2D eigenvalue weighted by Gasteiger charge is 2.47. The molecule has 4 bridgehead atoms. The maximum absolute atomic E-state index is 10.6. The quantitative estimate of drug-likeness (QED) is 0.752. The van der Waals surface area contributed by atoms with Gasteiger partial charge in [0.25, 0.3) is 0 Å². The molecule has 104 valence electrons. The van der Waals surface area contributed by atoms with E-state index in [9.17, 15) is 4.21 Å². The van der Waals surface area contributed by atoms with Gasteiger partial charge in [-0.3, -0.25) is 8.74 Å². The van der Waals surface area contributed by atoms with Gasteiger partial charge in [0.1, 0.15) is 0 Å². The fourth-order valence-electron chi connectivity index (χ4n) is 4.74. The number of hydrogen-bond acceptors (Lipinski definition) is 3. The SMILES string of the molecule is CC(CNC1C2CC3CC(C2)CC1C3)OS(=O)O. The molecular weight excluding hydrogens is 250 g/mol. The first-order valence-electron chi connectivity index (χ1n) is 7.13. The van der Waals surface area contributed by atoms with Crippen LogP contribution < -0.4 is 5.32 Å². The summed E-state index contributed by atoms with van der Waals surface area (Å²) in [7, 11) is 0. The minimum atomic E-state index is -2.15. The maximum atomic E-state index is 10.6. The summed E-state index contributed by atoms with van der Waals surface area (Å²) < 4.78 is 24.1. The molecule has 4 fully saturated rings. The van der Waals surface area contributed by atoms with E-state index in [-0.39, 0.29) is 6.10 Å². The minimum Gasteiger partial charge on any atom is -0.311 e. The third-order valence-electron chi connectivity index (χ3n) is 5.11. The molecule has 0 radical (unpaired) electrons. The van der Waals surface area contributed by atoms with Gasteiger partial charge in [-0.05, 0) is 62.7 Å². The summed E-state index contributed by atoms with van der Waals surface area (Å²) in [6.45, 7) is 2.52. The largest absolute Gasteiger partial charge is 0.311 e. The molecule has 2 unspecified atom stereocenters. The zero-order valence-electron chi connectivity index (χ0n) is 10.9. The van der Waals surface area contributed by atoms with E-state index in [1.54, 1.807) is 0 Å². The van der Waals surface area contributed by atoms with E-state index in [1.165, 1.54) is 32.1 Å². The van der Waals surface area contributed by atoms with E-state index in [0.717, 1.165) is 23.7 Å². The lowest BCUT2D eigenvalue weighted by Crippen LogP contribution is -2.55. The average Bonchev–Trinajstić information content (AvgIpc) is 2.25. The second kappa shape index (κ2) is 5.19. The van der Waals surface area contributed by atoms with Gasteiger partial charge in [-0.2, -0.15) is 4.21 Å². The van der Waals surface area contributed by atoms with Crippen LogP contribution in [-0.4, -0.2) is 27.5 Å². The topological polar surface area (TPSA) is 58.6 Å². The first kappa shape index (κ1) is 13.0. The molecule has 4 rings (SSSR count). The minimum absolute atomic E-state index is 0.201. The summed E-state index contributed by atoms with van der Waals surface area (Å²) >= 11 is -2.15. The van der Waals surface area contributed by atoms with Crippen LogP contribution in [0.1, 0.15) is 39.0 Å². The molecule has 0 saturated heterocycles.